The first-order valence-electron chi connectivity index (χ1n) is 13.2. The van der Waals surface area contributed by atoms with Gasteiger partial charge >= 0.3 is 5.76 Å². The van der Waals surface area contributed by atoms with E-state index in [-0.39, 0.29) is 5.82 Å². The maximum atomic E-state index is 11.7. The fourth-order valence-electron chi connectivity index (χ4n) is 6.08. The highest BCUT2D eigenvalue weighted by Crippen LogP contribution is 2.39. The van der Waals surface area contributed by atoms with Gasteiger partial charge in [0.25, 0.3) is 0 Å². The summed E-state index contributed by atoms with van der Waals surface area (Å²) in [5, 5.41) is 4.41. The lowest BCUT2D eigenvalue weighted by molar-refractivity contribution is 0.266. The van der Waals surface area contributed by atoms with Crippen molar-refractivity contribution in [3.63, 3.8) is 0 Å². The molecule has 0 radical (unpaired) electrons. The van der Waals surface area contributed by atoms with E-state index in [4.69, 9.17) is 26.1 Å². The van der Waals surface area contributed by atoms with E-state index in [1.807, 2.05) is 12.1 Å². The quantitative estimate of drug-likeness (QED) is 0.359. The third-order valence-corrected chi connectivity index (χ3v) is 8.33. The van der Waals surface area contributed by atoms with Crippen molar-refractivity contribution < 1.29 is 4.52 Å². The Balaban J connectivity index is 1.59. The summed E-state index contributed by atoms with van der Waals surface area (Å²) in [4.78, 5) is 31.3. The Morgan fingerprint density at radius 3 is 2.46 bits per heavy atom. The third-order valence-electron chi connectivity index (χ3n) is 8.12. The molecule has 6 rings (SSSR count). The topological polar surface area (TPSA) is 106 Å². The van der Waals surface area contributed by atoms with Crippen LogP contribution in [0.4, 0.5) is 5.95 Å². The van der Waals surface area contributed by atoms with Crippen LogP contribution in [0.25, 0.3) is 33.8 Å². The minimum absolute atomic E-state index is 0.267. The number of nitrogens with one attached hydrogen (secondary N) is 1. The summed E-state index contributed by atoms with van der Waals surface area (Å²) in [7, 11) is 0. The van der Waals surface area contributed by atoms with Gasteiger partial charge in [0, 0.05) is 36.6 Å². The molecule has 4 aromatic rings. The molecule has 2 aliphatic rings. The SMILES string of the molecule is CC1CCC(Cn2c(N3[C@H](C)CC[C@H]3C)nc3cc(-c4noc(=O)[nH]4)nc(-c4cncc(Cl)c4)c32)CC1. The van der Waals surface area contributed by atoms with Gasteiger partial charge < -0.3 is 9.47 Å². The summed E-state index contributed by atoms with van der Waals surface area (Å²) in [5.74, 6) is 1.99. The summed E-state index contributed by atoms with van der Waals surface area (Å²) in [6.07, 6.45) is 10.6. The average molecular weight is 522 g/mol. The maximum Gasteiger partial charge on any atom is 0.439 e. The monoisotopic (exact) mass is 521 g/mol. The molecule has 5 heterocycles. The molecule has 0 bridgehead atoms. The molecule has 1 N–H and O–H groups in total. The molecule has 1 aliphatic carbocycles. The van der Waals surface area contributed by atoms with Crippen LogP contribution in [-0.4, -0.2) is 41.7 Å². The Morgan fingerprint density at radius 1 is 1.03 bits per heavy atom. The summed E-state index contributed by atoms with van der Waals surface area (Å²) in [6.45, 7) is 7.80. The van der Waals surface area contributed by atoms with E-state index >= 15 is 0 Å². The van der Waals surface area contributed by atoms with Crippen LogP contribution in [0.2, 0.25) is 5.02 Å². The first kappa shape index (κ1) is 24.2. The van der Waals surface area contributed by atoms with Crippen molar-refractivity contribution in [2.75, 3.05) is 4.90 Å². The molecule has 9 nitrogen and oxygen atoms in total. The van der Waals surface area contributed by atoms with Gasteiger partial charge in [-0.15, -0.1) is 0 Å². The van der Waals surface area contributed by atoms with Crippen molar-refractivity contribution in [1.29, 1.82) is 0 Å². The fraction of sp³-hybridized carbons (Fsp3) is 0.519. The lowest BCUT2D eigenvalue weighted by atomic mass is 9.83. The van der Waals surface area contributed by atoms with E-state index in [1.165, 1.54) is 25.7 Å². The summed E-state index contributed by atoms with van der Waals surface area (Å²) >= 11 is 6.37. The molecule has 4 aromatic heterocycles. The molecule has 2 atom stereocenters. The van der Waals surface area contributed by atoms with Gasteiger partial charge in [-0.2, -0.15) is 0 Å². The molecular weight excluding hydrogens is 490 g/mol. The van der Waals surface area contributed by atoms with Crippen LogP contribution in [0, 0.1) is 11.8 Å². The van der Waals surface area contributed by atoms with Gasteiger partial charge in [-0.05, 0) is 63.5 Å². The number of nitrogens with zero attached hydrogens (tertiary/aromatic N) is 6. The van der Waals surface area contributed by atoms with E-state index in [1.54, 1.807) is 12.4 Å². The van der Waals surface area contributed by atoms with Gasteiger partial charge in [0.2, 0.25) is 11.8 Å². The van der Waals surface area contributed by atoms with Crippen molar-refractivity contribution >= 4 is 28.6 Å². The highest BCUT2D eigenvalue weighted by atomic mass is 35.5. The number of H-pyrrole nitrogens is 1. The molecule has 0 aromatic carbocycles. The average Bonchev–Trinajstić information content (AvgIpc) is 3.56. The number of rotatable bonds is 5. The van der Waals surface area contributed by atoms with E-state index in [2.05, 4.69) is 45.4 Å². The Bertz CT molecular complexity index is 1470. The number of hydrogen-bond donors (Lipinski definition) is 1. The van der Waals surface area contributed by atoms with Gasteiger partial charge in [0.15, 0.2) is 0 Å². The second-order valence-electron chi connectivity index (χ2n) is 10.9. The van der Waals surface area contributed by atoms with Gasteiger partial charge in [0.05, 0.1) is 21.7 Å². The number of pyridine rings is 2. The van der Waals surface area contributed by atoms with Crippen LogP contribution in [0.3, 0.4) is 0 Å². The Labute approximate surface area is 220 Å². The van der Waals surface area contributed by atoms with E-state index in [0.717, 1.165) is 47.8 Å². The summed E-state index contributed by atoms with van der Waals surface area (Å²) in [6, 6.07) is 4.55. The first-order valence-corrected chi connectivity index (χ1v) is 13.6. The maximum absolute atomic E-state index is 11.7. The molecule has 0 amide bonds. The lowest BCUT2D eigenvalue weighted by Crippen LogP contribution is -2.35. The Morgan fingerprint density at radius 2 is 1.78 bits per heavy atom. The number of hydrogen-bond acceptors (Lipinski definition) is 7. The van der Waals surface area contributed by atoms with Crippen molar-refractivity contribution in [2.45, 2.75) is 77.9 Å². The molecule has 0 spiro atoms. The van der Waals surface area contributed by atoms with Crippen LogP contribution >= 0.6 is 11.6 Å². The number of anilines is 1. The predicted molar refractivity (Wildman–Crippen MR) is 144 cm³/mol. The van der Waals surface area contributed by atoms with Crippen molar-refractivity contribution in [1.82, 2.24) is 29.7 Å². The highest BCUT2D eigenvalue weighted by Gasteiger charge is 2.33. The number of aromatic nitrogens is 6. The fourth-order valence-corrected chi connectivity index (χ4v) is 6.25. The molecule has 10 heteroatoms. The standard InChI is InChI=1S/C27H32ClN7O2/c1-15-4-8-18(9-5-15)14-34-24-21(31-26(34)35-16(2)6-7-17(35)3)11-22(25-32-27(36)37-33-25)30-23(24)19-10-20(28)13-29-12-19/h10-13,15-18H,4-9,14H2,1-3H3,(H,32,33,36)/t15?,16-,17-,18?/m1/s1. The summed E-state index contributed by atoms with van der Waals surface area (Å²) in [5.41, 5.74) is 3.75. The van der Waals surface area contributed by atoms with Crippen molar-refractivity contribution in [3.05, 3.63) is 40.1 Å². The molecule has 0 unspecified atom stereocenters. The van der Waals surface area contributed by atoms with E-state index < -0.39 is 5.76 Å². The van der Waals surface area contributed by atoms with E-state index in [9.17, 15) is 4.79 Å². The number of halogens is 1. The van der Waals surface area contributed by atoms with Crippen LogP contribution in [0.5, 0.6) is 0 Å². The minimum atomic E-state index is -0.625. The van der Waals surface area contributed by atoms with Gasteiger partial charge in [-0.1, -0.05) is 36.5 Å². The molecule has 1 aliphatic heterocycles. The predicted octanol–water partition coefficient (Wildman–Crippen LogP) is 5.69. The van der Waals surface area contributed by atoms with E-state index in [0.29, 0.717) is 34.4 Å². The number of fused-ring (bicyclic) bond motifs is 1. The van der Waals surface area contributed by atoms with Gasteiger partial charge in [0.1, 0.15) is 5.69 Å². The molecule has 2 fully saturated rings. The molecule has 1 saturated carbocycles. The second kappa shape index (κ2) is 9.59. The lowest BCUT2D eigenvalue weighted by Gasteiger charge is -2.31. The van der Waals surface area contributed by atoms with Crippen molar-refractivity contribution in [2.24, 2.45) is 11.8 Å². The zero-order chi connectivity index (χ0) is 25.7. The second-order valence-corrected chi connectivity index (χ2v) is 11.3. The Kier molecular flexibility index (Phi) is 6.26. The smallest absolute Gasteiger partial charge is 0.337 e. The number of imidazole rings is 1. The normalized spacial score (nSPS) is 24.3. The number of aromatic amines is 1. The molecular formula is C27H32ClN7O2. The zero-order valence-electron chi connectivity index (χ0n) is 21.4. The summed E-state index contributed by atoms with van der Waals surface area (Å²) < 4.78 is 7.16. The van der Waals surface area contributed by atoms with Crippen LogP contribution < -0.4 is 10.7 Å². The zero-order valence-corrected chi connectivity index (χ0v) is 22.2. The third kappa shape index (κ3) is 4.54. The van der Waals surface area contributed by atoms with Crippen LogP contribution in [-0.2, 0) is 6.54 Å². The molecule has 37 heavy (non-hydrogen) atoms. The van der Waals surface area contributed by atoms with Gasteiger partial charge in [-0.3, -0.25) is 14.5 Å². The van der Waals surface area contributed by atoms with Gasteiger partial charge in [-0.25, -0.2) is 14.8 Å². The molecule has 194 valence electrons. The van der Waals surface area contributed by atoms with Crippen LogP contribution in [0.15, 0.2) is 33.8 Å². The largest absolute Gasteiger partial charge is 0.439 e. The minimum Gasteiger partial charge on any atom is -0.337 e. The Hall–Kier alpha value is -3.20. The van der Waals surface area contributed by atoms with Crippen molar-refractivity contribution in [3.8, 4) is 22.8 Å². The van der Waals surface area contributed by atoms with Crippen LogP contribution in [0.1, 0.15) is 59.3 Å². The molecule has 1 saturated heterocycles. The first-order chi connectivity index (χ1) is 17.9. The highest BCUT2D eigenvalue weighted by molar-refractivity contribution is 6.30.